The molecule has 13 rings (SSSR count). The molecule has 3 heterocycles. The molecule has 0 fully saturated rings. The van der Waals surface area contributed by atoms with Gasteiger partial charge in [0, 0.05) is 43.4 Å². The van der Waals surface area contributed by atoms with E-state index in [4.69, 9.17) is 20.8 Å². The molecule has 0 amide bonds. The molecule has 4 nitrogen and oxygen atoms in total. The largest absolute Gasteiger partial charge is 0.457 e. The van der Waals surface area contributed by atoms with Gasteiger partial charge >= 0.3 is 0 Å². The topological polar surface area (TPSA) is 28.9 Å². The number of anilines is 6. The van der Waals surface area contributed by atoms with Gasteiger partial charge < -0.3 is 19.0 Å². The van der Waals surface area contributed by atoms with Crippen LogP contribution in [0.1, 0.15) is 74.9 Å². The zero-order valence-electron chi connectivity index (χ0n) is 40.5. The Morgan fingerprint density at radius 3 is 1.73 bits per heavy atom. The molecule has 11 aromatic rings. The highest BCUT2D eigenvalue weighted by molar-refractivity contribution is 7.17. The summed E-state index contributed by atoms with van der Waals surface area (Å²) >= 11 is 9.98. The number of para-hydroxylation sites is 3. The molecule has 0 N–H and O–H groups in total. The Bertz CT molecular complexity index is 3880. The maximum absolute atomic E-state index is 8.21. The van der Waals surface area contributed by atoms with Gasteiger partial charge in [0.2, 0.25) is 0 Å². The van der Waals surface area contributed by atoms with E-state index in [0.29, 0.717) is 5.02 Å². The molecule has 9 aromatic carbocycles. The van der Waals surface area contributed by atoms with Crippen LogP contribution >= 0.6 is 22.9 Å². The first kappa shape index (κ1) is 43.5. The highest BCUT2D eigenvalue weighted by Crippen LogP contribution is 2.63. The Labute approximate surface area is 424 Å². The lowest BCUT2D eigenvalue weighted by molar-refractivity contribution is 0.436. The second-order valence-electron chi connectivity index (χ2n) is 21.0. The monoisotopic (exact) mass is 958 g/mol. The number of halogens is 1. The highest BCUT2D eigenvalue weighted by atomic mass is 35.5. The lowest BCUT2D eigenvalue weighted by Gasteiger charge is -2.39. The molecule has 6 heteroatoms. The summed E-state index contributed by atoms with van der Waals surface area (Å²) in [5.41, 5.74) is 16.3. The van der Waals surface area contributed by atoms with E-state index in [2.05, 4.69) is 239 Å². The van der Waals surface area contributed by atoms with Crippen molar-refractivity contribution in [3.63, 3.8) is 0 Å². The summed E-state index contributed by atoms with van der Waals surface area (Å²) in [5, 5.41) is 6.14. The highest BCUT2D eigenvalue weighted by Gasteiger charge is 2.51. The van der Waals surface area contributed by atoms with Gasteiger partial charge in [-0.1, -0.05) is 168 Å². The van der Waals surface area contributed by atoms with E-state index < -0.39 is 5.41 Å². The minimum absolute atomic E-state index is 0.0129. The summed E-state index contributed by atoms with van der Waals surface area (Å²) in [5.74, 6) is 1.71. The maximum Gasteiger partial charge on any atom is 0.137 e. The summed E-state index contributed by atoms with van der Waals surface area (Å²) in [6.45, 7) is 13.6. The van der Waals surface area contributed by atoms with Crippen LogP contribution in [-0.4, -0.2) is 0 Å². The fourth-order valence-electron chi connectivity index (χ4n) is 11.4. The number of fused-ring (bicyclic) bond motifs is 13. The quantitative estimate of drug-likeness (QED) is 0.166. The first-order valence-corrected chi connectivity index (χ1v) is 25.7. The number of thiophene rings is 1. The van der Waals surface area contributed by atoms with Crippen LogP contribution in [-0.2, 0) is 16.2 Å². The predicted molar refractivity (Wildman–Crippen MR) is 298 cm³/mol. The number of nitrogens with zero attached hydrogens (tertiary/aromatic N) is 2. The Kier molecular flexibility index (Phi) is 9.78. The third kappa shape index (κ3) is 6.63. The molecule has 346 valence electrons. The van der Waals surface area contributed by atoms with Crippen LogP contribution in [0.3, 0.4) is 0 Å². The van der Waals surface area contributed by atoms with Crippen molar-refractivity contribution in [2.75, 3.05) is 9.80 Å². The normalized spacial score (nSPS) is 13.5. The van der Waals surface area contributed by atoms with Gasteiger partial charge in [0.25, 0.3) is 0 Å². The Morgan fingerprint density at radius 2 is 1.01 bits per heavy atom. The second-order valence-corrected chi connectivity index (χ2v) is 22.3. The first-order chi connectivity index (χ1) is 34.4. The number of ether oxygens (including phenoxy) is 1. The smallest absolute Gasteiger partial charge is 0.137 e. The van der Waals surface area contributed by atoms with Crippen molar-refractivity contribution in [2.45, 2.75) is 57.8 Å². The van der Waals surface area contributed by atoms with Gasteiger partial charge in [-0.15, -0.1) is 11.3 Å². The van der Waals surface area contributed by atoms with Crippen molar-refractivity contribution in [3.05, 3.63) is 238 Å². The molecular formula is C65H51ClN2O2S. The van der Waals surface area contributed by atoms with Crippen molar-refractivity contribution in [1.29, 1.82) is 0 Å². The average Bonchev–Trinajstić information content (AvgIpc) is 4.06. The number of furan rings is 1. The van der Waals surface area contributed by atoms with Crippen LogP contribution in [0.5, 0.6) is 11.5 Å². The van der Waals surface area contributed by atoms with Gasteiger partial charge in [-0.2, -0.15) is 0 Å². The summed E-state index contributed by atoms with van der Waals surface area (Å²) in [4.78, 5) is 4.72. The lowest BCUT2D eigenvalue weighted by atomic mass is 9.66. The van der Waals surface area contributed by atoms with Crippen LogP contribution in [0.15, 0.2) is 204 Å². The number of hydrogen-bond acceptors (Lipinski definition) is 5. The number of hydrogen-bond donors (Lipinski definition) is 0. The second kappa shape index (κ2) is 16.0. The van der Waals surface area contributed by atoms with Crippen LogP contribution < -0.4 is 14.5 Å². The van der Waals surface area contributed by atoms with Gasteiger partial charge in [-0.25, -0.2) is 0 Å². The summed E-state index contributed by atoms with van der Waals surface area (Å²) in [6.07, 6.45) is 0. The van der Waals surface area contributed by atoms with E-state index in [0.717, 1.165) is 78.7 Å². The maximum atomic E-state index is 8.21. The number of benzene rings is 9. The molecule has 0 atom stereocenters. The minimum Gasteiger partial charge on any atom is -0.457 e. The zero-order valence-corrected chi connectivity index (χ0v) is 42.1. The van der Waals surface area contributed by atoms with Crippen LogP contribution in [0.25, 0.3) is 43.2 Å². The van der Waals surface area contributed by atoms with E-state index in [-0.39, 0.29) is 10.8 Å². The molecule has 0 unspecified atom stereocenters. The van der Waals surface area contributed by atoms with Crippen LogP contribution in [0.2, 0.25) is 5.02 Å². The molecule has 71 heavy (non-hydrogen) atoms. The SMILES string of the molecule is CC(C)(C)c1ccc(N(c2cccc(N(c3ccc4c(c3)C3(c5ccccc5Oc5ccccc53)c3ccccc3-4)c3cccc4oc5ccccc5c34)c2Cl)c2csc3ccc(C(C)(C)C)cc23)cc1. The molecule has 0 saturated carbocycles. The van der Waals surface area contributed by atoms with Crippen molar-refractivity contribution < 1.29 is 9.15 Å². The fraction of sp³-hybridized carbons (Fsp3) is 0.138. The minimum atomic E-state index is -0.666. The predicted octanol–water partition coefficient (Wildman–Crippen LogP) is 19.5. The van der Waals surface area contributed by atoms with E-state index in [1.54, 1.807) is 11.3 Å². The van der Waals surface area contributed by atoms with Gasteiger partial charge in [-0.05, 0) is 123 Å². The average molecular weight is 960 g/mol. The van der Waals surface area contributed by atoms with Gasteiger partial charge in [-0.3, -0.25) is 0 Å². The molecule has 0 radical (unpaired) electrons. The van der Waals surface area contributed by atoms with Crippen molar-refractivity contribution >= 4 is 89.1 Å². The van der Waals surface area contributed by atoms with Crippen LogP contribution in [0.4, 0.5) is 34.1 Å². The zero-order chi connectivity index (χ0) is 48.4. The molecule has 2 aliphatic rings. The molecule has 1 aliphatic carbocycles. The van der Waals surface area contributed by atoms with Crippen molar-refractivity contribution in [2.24, 2.45) is 0 Å². The Morgan fingerprint density at radius 1 is 0.451 bits per heavy atom. The third-order valence-electron chi connectivity index (χ3n) is 14.8. The molecular weight excluding hydrogens is 908 g/mol. The third-order valence-corrected chi connectivity index (χ3v) is 16.1. The summed E-state index contributed by atoms with van der Waals surface area (Å²) < 4.78 is 14.6. The van der Waals surface area contributed by atoms with Crippen molar-refractivity contribution in [1.82, 2.24) is 0 Å². The van der Waals surface area contributed by atoms with E-state index in [9.17, 15) is 0 Å². The molecule has 1 spiro atoms. The molecule has 2 aromatic heterocycles. The van der Waals surface area contributed by atoms with Gasteiger partial charge in [0.1, 0.15) is 22.7 Å². The molecule has 0 saturated heterocycles. The van der Waals surface area contributed by atoms with E-state index >= 15 is 0 Å². The number of rotatable bonds is 6. The molecule has 1 aliphatic heterocycles. The fourth-order valence-corrected chi connectivity index (χ4v) is 12.6. The summed E-state index contributed by atoms with van der Waals surface area (Å²) in [7, 11) is 0. The summed E-state index contributed by atoms with van der Waals surface area (Å²) in [6, 6.07) is 70.0. The molecule has 0 bridgehead atoms. The first-order valence-electron chi connectivity index (χ1n) is 24.4. The standard InChI is InChI=1S/C65H51ClN2O2S/c1-63(2,3)40-29-32-42(33-30-40)67(55-39-71-60-36-31-41(37-47(55)60)64(4,5)6)53-23-15-24-54(62(53)66)68(52-22-16-28-59-61(52)46-18-8-12-25-56(46)69-59)43-34-35-45-44-17-7-9-19-48(44)65(51(45)38-43)49-20-10-13-26-57(49)70-58-27-14-11-21-50(58)65/h7-39H,1-6H3. The lowest BCUT2D eigenvalue weighted by Crippen LogP contribution is -2.32. The van der Waals surface area contributed by atoms with Gasteiger partial charge in [0.15, 0.2) is 0 Å². The Hall–Kier alpha value is -7.57. The van der Waals surface area contributed by atoms with E-state index in [1.165, 1.54) is 43.5 Å². The Balaban J connectivity index is 1.09. The van der Waals surface area contributed by atoms with Gasteiger partial charge in [0.05, 0.1) is 38.6 Å². The van der Waals surface area contributed by atoms with E-state index in [1.807, 2.05) is 12.1 Å². The van der Waals surface area contributed by atoms with Crippen LogP contribution in [0, 0.1) is 0 Å². The van der Waals surface area contributed by atoms with Crippen molar-refractivity contribution in [3.8, 4) is 22.6 Å².